The maximum absolute atomic E-state index is 13.1. The van der Waals surface area contributed by atoms with Gasteiger partial charge in [0.05, 0.1) is 6.07 Å². The average Bonchev–Trinajstić information content (AvgIpc) is 2.99. The van der Waals surface area contributed by atoms with Crippen molar-refractivity contribution in [2.24, 2.45) is 34.5 Å². The van der Waals surface area contributed by atoms with E-state index in [-0.39, 0.29) is 28.6 Å². The summed E-state index contributed by atoms with van der Waals surface area (Å²) in [7, 11) is 0. The average molecular weight is 386 g/mol. The summed E-state index contributed by atoms with van der Waals surface area (Å²) in [6.45, 7) is 8.29. The number of nitrogens with one attached hydrogen (secondary N) is 2. The molecule has 1 aliphatic heterocycles. The van der Waals surface area contributed by atoms with Crippen LogP contribution in [0.4, 0.5) is 0 Å². The monoisotopic (exact) mass is 385 g/mol. The van der Waals surface area contributed by atoms with Gasteiger partial charge in [0.2, 0.25) is 11.8 Å². The molecule has 3 aliphatic carbocycles. The third-order valence-corrected chi connectivity index (χ3v) is 9.13. The van der Waals surface area contributed by atoms with E-state index in [1.54, 1.807) is 13.8 Å². The van der Waals surface area contributed by atoms with E-state index in [0.29, 0.717) is 30.2 Å². The molecule has 0 aromatic rings. The van der Waals surface area contributed by atoms with Crippen LogP contribution in [0.3, 0.4) is 0 Å². The minimum atomic E-state index is -0.811. The topological polar surface area (TPSA) is 82.0 Å². The Morgan fingerprint density at radius 3 is 2.54 bits per heavy atom. The lowest BCUT2D eigenvalue weighted by atomic mass is 9.47. The van der Waals surface area contributed by atoms with E-state index in [2.05, 4.69) is 30.6 Å². The van der Waals surface area contributed by atoms with Crippen LogP contribution in [0.1, 0.15) is 79.1 Å². The molecule has 0 aromatic carbocycles. The Morgan fingerprint density at radius 2 is 1.82 bits per heavy atom. The van der Waals surface area contributed by atoms with Gasteiger partial charge < -0.3 is 10.6 Å². The van der Waals surface area contributed by atoms with E-state index in [9.17, 15) is 14.9 Å². The van der Waals surface area contributed by atoms with Crippen molar-refractivity contribution in [3.63, 3.8) is 0 Å². The molecule has 0 radical (unpaired) electrons. The number of nitrogens with zero attached hydrogens (tertiary/aromatic N) is 1. The maximum atomic E-state index is 13.1. The first kappa shape index (κ1) is 19.7. The molecule has 0 spiro atoms. The third-order valence-electron chi connectivity index (χ3n) is 9.13. The largest absolute Gasteiger partial charge is 0.353 e. The molecule has 4 fully saturated rings. The van der Waals surface area contributed by atoms with Gasteiger partial charge in [0, 0.05) is 18.4 Å². The Morgan fingerprint density at radius 1 is 1.11 bits per heavy atom. The fourth-order valence-electron chi connectivity index (χ4n) is 7.56. The normalized spacial score (nSPS) is 45.1. The molecule has 1 saturated heterocycles. The Bertz CT molecular complexity index is 726. The summed E-state index contributed by atoms with van der Waals surface area (Å²) >= 11 is 0. The Balaban J connectivity index is 1.55. The second-order valence-corrected chi connectivity index (χ2v) is 11.0. The zero-order chi connectivity index (χ0) is 20.3. The highest BCUT2D eigenvalue weighted by atomic mass is 16.2. The summed E-state index contributed by atoms with van der Waals surface area (Å²) in [6, 6.07) is 2.53. The first-order valence-electron chi connectivity index (χ1n) is 11.1. The molecule has 3 saturated carbocycles. The van der Waals surface area contributed by atoms with Crippen LogP contribution in [-0.4, -0.2) is 23.4 Å². The molecule has 2 N–H and O–H groups in total. The third kappa shape index (κ3) is 2.86. The van der Waals surface area contributed by atoms with Crippen molar-refractivity contribution < 1.29 is 9.59 Å². The molecular weight excluding hydrogens is 350 g/mol. The van der Waals surface area contributed by atoms with Crippen LogP contribution < -0.4 is 10.6 Å². The minimum Gasteiger partial charge on any atom is -0.353 e. The molecule has 4 rings (SSSR count). The van der Waals surface area contributed by atoms with E-state index in [4.69, 9.17) is 0 Å². The lowest BCUT2D eigenvalue weighted by molar-refractivity contribution is -0.142. The van der Waals surface area contributed by atoms with Gasteiger partial charge in [-0.2, -0.15) is 5.26 Å². The number of rotatable bonds is 2. The van der Waals surface area contributed by atoms with Crippen molar-refractivity contribution in [2.75, 3.05) is 0 Å². The molecule has 5 nitrogen and oxygen atoms in total. The highest BCUT2D eigenvalue weighted by Gasteiger charge is 2.61. The van der Waals surface area contributed by atoms with Gasteiger partial charge in [-0.3, -0.25) is 9.59 Å². The first-order chi connectivity index (χ1) is 13.1. The SMILES string of the molecule is CC(C)(C#N)NC(=O)C1CC[C@H]2[C@@H]3CCC4NC(=O)CC[C@]4(C)[C@@H]3CC[C@]12C. The van der Waals surface area contributed by atoms with Gasteiger partial charge in [-0.1, -0.05) is 13.8 Å². The van der Waals surface area contributed by atoms with E-state index >= 15 is 0 Å². The number of nitriles is 1. The summed E-state index contributed by atoms with van der Waals surface area (Å²) in [4.78, 5) is 25.0. The van der Waals surface area contributed by atoms with Crippen molar-refractivity contribution in [2.45, 2.75) is 90.6 Å². The van der Waals surface area contributed by atoms with E-state index in [0.717, 1.165) is 38.5 Å². The van der Waals surface area contributed by atoms with Crippen molar-refractivity contribution in [3.05, 3.63) is 0 Å². The lowest BCUT2D eigenvalue weighted by Crippen LogP contribution is -2.61. The Labute approximate surface area is 169 Å². The minimum absolute atomic E-state index is 0.0164. The number of carbonyl (C=O) groups excluding carboxylic acids is 2. The van der Waals surface area contributed by atoms with Gasteiger partial charge in [0.15, 0.2) is 0 Å². The molecule has 0 aromatic heterocycles. The summed E-state index contributed by atoms with van der Waals surface area (Å²) in [5.74, 6) is 2.21. The van der Waals surface area contributed by atoms with Crippen LogP contribution >= 0.6 is 0 Å². The van der Waals surface area contributed by atoms with Crippen molar-refractivity contribution in [1.82, 2.24) is 10.6 Å². The van der Waals surface area contributed by atoms with Gasteiger partial charge in [-0.15, -0.1) is 0 Å². The van der Waals surface area contributed by atoms with E-state index in [1.165, 1.54) is 6.42 Å². The second kappa shape index (κ2) is 6.47. The van der Waals surface area contributed by atoms with E-state index in [1.807, 2.05) is 0 Å². The van der Waals surface area contributed by atoms with Crippen LogP contribution in [-0.2, 0) is 9.59 Å². The molecule has 7 atom stereocenters. The number of fused-ring (bicyclic) bond motifs is 5. The molecule has 4 aliphatic rings. The molecule has 2 unspecified atom stereocenters. The van der Waals surface area contributed by atoms with Gasteiger partial charge in [-0.25, -0.2) is 0 Å². The van der Waals surface area contributed by atoms with Gasteiger partial charge >= 0.3 is 0 Å². The zero-order valence-electron chi connectivity index (χ0n) is 17.8. The molecule has 5 heteroatoms. The zero-order valence-corrected chi connectivity index (χ0v) is 17.8. The standard InChI is InChI=1S/C23H35N3O2/c1-21(2,13-24)26-20(28)17-7-6-15-14-5-8-18-23(4,12-10-19(27)25-18)16(14)9-11-22(15,17)3/h14-18H,5-12H2,1-4H3,(H,25,27)(H,26,28)/t14-,15-,16+,17?,18?,22-,23+/m0/s1. The van der Waals surface area contributed by atoms with Crippen molar-refractivity contribution in [3.8, 4) is 6.07 Å². The number of amides is 2. The highest BCUT2D eigenvalue weighted by Crippen LogP contribution is 2.65. The first-order valence-corrected chi connectivity index (χ1v) is 11.1. The maximum Gasteiger partial charge on any atom is 0.224 e. The van der Waals surface area contributed by atoms with Crippen LogP contribution in [0.2, 0.25) is 0 Å². The fraction of sp³-hybridized carbons (Fsp3) is 0.870. The smallest absolute Gasteiger partial charge is 0.224 e. The Kier molecular flexibility index (Phi) is 4.56. The summed E-state index contributed by atoms with van der Waals surface area (Å²) in [6.07, 6.45) is 8.22. The molecular formula is C23H35N3O2. The summed E-state index contributed by atoms with van der Waals surface area (Å²) < 4.78 is 0. The van der Waals surface area contributed by atoms with Crippen LogP contribution in [0.15, 0.2) is 0 Å². The van der Waals surface area contributed by atoms with Crippen LogP contribution in [0.5, 0.6) is 0 Å². The molecule has 28 heavy (non-hydrogen) atoms. The fourth-order valence-corrected chi connectivity index (χ4v) is 7.56. The molecule has 0 bridgehead atoms. The summed E-state index contributed by atoms with van der Waals surface area (Å²) in [5, 5.41) is 15.6. The number of piperidine rings is 1. The predicted molar refractivity (Wildman–Crippen MR) is 107 cm³/mol. The molecule has 2 amide bonds. The van der Waals surface area contributed by atoms with Gasteiger partial charge in [0.1, 0.15) is 5.54 Å². The number of carbonyl (C=O) groups is 2. The Hall–Kier alpha value is -1.57. The number of hydrogen-bond donors (Lipinski definition) is 2. The quantitative estimate of drug-likeness (QED) is 0.763. The van der Waals surface area contributed by atoms with E-state index < -0.39 is 5.54 Å². The van der Waals surface area contributed by atoms with Gasteiger partial charge in [-0.05, 0) is 87.4 Å². The van der Waals surface area contributed by atoms with Crippen LogP contribution in [0, 0.1) is 45.8 Å². The van der Waals surface area contributed by atoms with Crippen LogP contribution in [0.25, 0.3) is 0 Å². The molecule has 154 valence electrons. The second-order valence-electron chi connectivity index (χ2n) is 11.0. The molecule has 1 heterocycles. The van der Waals surface area contributed by atoms with Crippen molar-refractivity contribution in [1.29, 1.82) is 5.26 Å². The van der Waals surface area contributed by atoms with Gasteiger partial charge in [0.25, 0.3) is 0 Å². The highest BCUT2D eigenvalue weighted by molar-refractivity contribution is 5.81. The number of hydrogen-bond acceptors (Lipinski definition) is 3. The lowest BCUT2D eigenvalue weighted by Gasteiger charge is -2.60. The predicted octanol–water partition coefficient (Wildman–Crippen LogP) is 3.54. The summed E-state index contributed by atoms with van der Waals surface area (Å²) in [5.41, 5.74) is -0.562. The van der Waals surface area contributed by atoms with Crippen molar-refractivity contribution >= 4 is 11.8 Å².